The monoisotopic (exact) mass is 396 g/mol. The molecule has 0 aliphatic heterocycles. The lowest BCUT2D eigenvalue weighted by molar-refractivity contribution is 0.104. The summed E-state index contributed by atoms with van der Waals surface area (Å²) < 4.78 is 29.5. The molecule has 0 aliphatic rings. The number of ketones is 1. The van der Waals surface area contributed by atoms with Gasteiger partial charge in [0.15, 0.2) is 5.78 Å². The van der Waals surface area contributed by atoms with Crippen LogP contribution >= 0.6 is 0 Å². The van der Waals surface area contributed by atoms with Crippen LogP contribution in [0.5, 0.6) is 17.2 Å². The molecule has 0 aromatic heterocycles. The maximum Gasteiger partial charge on any atom is 0.339 e. The summed E-state index contributed by atoms with van der Waals surface area (Å²) in [5.74, 6) is -0.176. The summed E-state index contributed by atoms with van der Waals surface area (Å²) in [7, 11) is -4.05. The second-order valence-electron chi connectivity index (χ2n) is 5.85. The van der Waals surface area contributed by atoms with Crippen LogP contribution in [0, 0.1) is 0 Å². The Morgan fingerprint density at radius 3 is 2.18 bits per heavy atom. The van der Waals surface area contributed by atoms with Crippen molar-refractivity contribution in [2.24, 2.45) is 0 Å². The molecule has 0 saturated carbocycles. The highest BCUT2D eigenvalue weighted by molar-refractivity contribution is 7.87. The van der Waals surface area contributed by atoms with Gasteiger partial charge < -0.3 is 14.4 Å². The molecule has 0 radical (unpaired) electrons. The first-order chi connectivity index (χ1) is 13.3. The Kier molecular flexibility index (Phi) is 5.47. The lowest BCUT2D eigenvalue weighted by Crippen LogP contribution is -2.09. The summed E-state index contributed by atoms with van der Waals surface area (Å²) >= 11 is 0. The van der Waals surface area contributed by atoms with Gasteiger partial charge in [0.1, 0.15) is 22.1 Å². The average molecular weight is 396 g/mol. The fourth-order valence-corrected chi connectivity index (χ4v) is 3.29. The summed E-state index contributed by atoms with van der Waals surface area (Å²) in [4.78, 5) is 12.1. The van der Waals surface area contributed by atoms with Crippen molar-refractivity contribution in [3.05, 3.63) is 90.0 Å². The number of benzene rings is 3. The molecule has 0 heterocycles. The van der Waals surface area contributed by atoms with Crippen molar-refractivity contribution < 1.29 is 27.6 Å². The topological polar surface area (TPSA) is 101 Å². The number of allylic oxidation sites excluding steroid dienone is 1. The smallest absolute Gasteiger partial charge is 0.339 e. The Bertz CT molecular complexity index is 1110. The molecule has 28 heavy (non-hydrogen) atoms. The predicted octanol–water partition coefficient (Wildman–Crippen LogP) is 3.76. The van der Waals surface area contributed by atoms with Crippen molar-refractivity contribution in [3.63, 3.8) is 0 Å². The molecule has 0 unspecified atom stereocenters. The predicted molar refractivity (Wildman–Crippen MR) is 104 cm³/mol. The highest BCUT2D eigenvalue weighted by atomic mass is 32.2. The van der Waals surface area contributed by atoms with E-state index in [1.54, 1.807) is 18.2 Å². The molecule has 2 N–H and O–H groups in total. The molecule has 0 atom stereocenters. The van der Waals surface area contributed by atoms with Gasteiger partial charge in [-0.05, 0) is 72.3 Å². The van der Waals surface area contributed by atoms with Gasteiger partial charge in [0.25, 0.3) is 0 Å². The maximum atomic E-state index is 12.2. The first-order valence-corrected chi connectivity index (χ1v) is 9.59. The minimum atomic E-state index is -4.05. The van der Waals surface area contributed by atoms with E-state index in [1.807, 2.05) is 0 Å². The SMILES string of the molecule is O=C(C=Cc1cccc(O)c1)c1ccc(OS(=O)(=O)c2ccc(O)cc2)cc1. The fraction of sp³-hybridized carbons (Fsp3) is 0. The van der Waals surface area contributed by atoms with Gasteiger partial charge in [-0.15, -0.1) is 0 Å². The number of carbonyl (C=O) groups excluding carboxylic acids is 1. The molecule has 3 rings (SSSR count). The fourth-order valence-electron chi connectivity index (χ4n) is 2.36. The van der Waals surface area contributed by atoms with Crippen molar-refractivity contribution in [1.82, 2.24) is 0 Å². The third-order valence-corrected chi connectivity index (χ3v) is 5.03. The Balaban J connectivity index is 1.70. The van der Waals surface area contributed by atoms with Crippen molar-refractivity contribution in [2.75, 3.05) is 0 Å². The number of hydrogen-bond donors (Lipinski definition) is 2. The van der Waals surface area contributed by atoms with Gasteiger partial charge in [-0.3, -0.25) is 4.79 Å². The number of rotatable bonds is 6. The lowest BCUT2D eigenvalue weighted by Gasteiger charge is -2.07. The van der Waals surface area contributed by atoms with Crippen LogP contribution in [0.4, 0.5) is 0 Å². The van der Waals surface area contributed by atoms with Crippen molar-refractivity contribution in [3.8, 4) is 17.2 Å². The number of carbonyl (C=O) groups is 1. The second-order valence-corrected chi connectivity index (χ2v) is 7.39. The number of hydrogen-bond acceptors (Lipinski definition) is 6. The molecule has 142 valence electrons. The van der Waals surface area contributed by atoms with E-state index in [0.717, 1.165) is 0 Å². The van der Waals surface area contributed by atoms with Crippen LogP contribution in [0.2, 0.25) is 0 Å². The first-order valence-electron chi connectivity index (χ1n) is 8.18. The summed E-state index contributed by atoms with van der Waals surface area (Å²) in [6, 6.07) is 17.1. The Hall–Kier alpha value is -3.58. The van der Waals surface area contributed by atoms with E-state index in [2.05, 4.69) is 0 Å². The highest BCUT2D eigenvalue weighted by Gasteiger charge is 2.16. The Labute approximate surface area is 162 Å². The van der Waals surface area contributed by atoms with E-state index >= 15 is 0 Å². The quantitative estimate of drug-likeness (QED) is 0.374. The molecule has 7 heteroatoms. The standard InChI is InChI=1S/C21H16O6S/c22-17-7-11-20(12-8-17)28(25,26)27-19-9-5-16(6-10-19)21(24)13-4-15-2-1-3-18(23)14-15/h1-14,22-23H. The molecule has 6 nitrogen and oxygen atoms in total. The van der Waals surface area contributed by atoms with Crippen LogP contribution in [-0.2, 0) is 10.1 Å². The van der Waals surface area contributed by atoms with Gasteiger partial charge in [0.2, 0.25) is 0 Å². The summed E-state index contributed by atoms with van der Waals surface area (Å²) in [6.45, 7) is 0. The molecule has 0 amide bonds. The van der Waals surface area contributed by atoms with E-state index in [4.69, 9.17) is 4.18 Å². The van der Waals surface area contributed by atoms with Gasteiger partial charge in [0, 0.05) is 5.56 Å². The molecule has 3 aromatic carbocycles. The maximum absolute atomic E-state index is 12.2. The van der Waals surface area contributed by atoms with Crippen LogP contribution in [0.25, 0.3) is 6.08 Å². The largest absolute Gasteiger partial charge is 0.508 e. The third-order valence-electron chi connectivity index (χ3n) is 3.77. The van der Waals surface area contributed by atoms with Gasteiger partial charge >= 0.3 is 10.1 Å². The molecule has 0 aliphatic carbocycles. The van der Waals surface area contributed by atoms with E-state index in [1.165, 1.54) is 66.7 Å². The highest BCUT2D eigenvalue weighted by Crippen LogP contribution is 2.21. The van der Waals surface area contributed by atoms with E-state index < -0.39 is 10.1 Å². The van der Waals surface area contributed by atoms with E-state index in [0.29, 0.717) is 11.1 Å². The lowest BCUT2D eigenvalue weighted by atomic mass is 10.1. The summed E-state index contributed by atoms with van der Waals surface area (Å²) in [5.41, 5.74) is 1.03. The minimum absolute atomic E-state index is 0.0550. The van der Waals surface area contributed by atoms with Crippen molar-refractivity contribution in [1.29, 1.82) is 0 Å². The molecule has 0 saturated heterocycles. The van der Waals surface area contributed by atoms with Crippen molar-refractivity contribution >= 4 is 22.0 Å². The van der Waals surface area contributed by atoms with Crippen LogP contribution in [0.15, 0.2) is 83.8 Å². The minimum Gasteiger partial charge on any atom is -0.508 e. The number of phenolic OH excluding ortho intramolecular Hbond substituents is 2. The van der Waals surface area contributed by atoms with Crippen LogP contribution in [-0.4, -0.2) is 24.4 Å². The third kappa shape index (κ3) is 4.77. The van der Waals surface area contributed by atoms with Gasteiger partial charge in [0.05, 0.1) is 0 Å². The second kappa shape index (κ2) is 7.98. The molecule has 3 aromatic rings. The summed E-state index contributed by atoms with van der Waals surface area (Å²) in [6.07, 6.45) is 2.93. The summed E-state index contributed by atoms with van der Waals surface area (Å²) in [5, 5.41) is 18.7. The number of aromatic hydroxyl groups is 2. The Morgan fingerprint density at radius 2 is 1.54 bits per heavy atom. The normalized spacial score (nSPS) is 11.4. The van der Waals surface area contributed by atoms with E-state index in [9.17, 15) is 23.4 Å². The first kappa shape index (κ1) is 19.2. The zero-order chi connectivity index (χ0) is 20.1. The van der Waals surface area contributed by atoms with Crippen LogP contribution in [0.3, 0.4) is 0 Å². The molecular formula is C21H16O6S. The zero-order valence-electron chi connectivity index (χ0n) is 14.5. The van der Waals surface area contributed by atoms with Gasteiger partial charge in [-0.2, -0.15) is 8.42 Å². The van der Waals surface area contributed by atoms with E-state index in [-0.39, 0.29) is 27.9 Å². The molecule has 0 fully saturated rings. The molecular weight excluding hydrogens is 380 g/mol. The molecule has 0 bridgehead atoms. The van der Waals surface area contributed by atoms with Gasteiger partial charge in [-0.1, -0.05) is 18.2 Å². The van der Waals surface area contributed by atoms with Crippen LogP contribution in [0.1, 0.15) is 15.9 Å². The van der Waals surface area contributed by atoms with Crippen LogP contribution < -0.4 is 4.18 Å². The zero-order valence-corrected chi connectivity index (χ0v) is 15.3. The molecule has 0 spiro atoms. The van der Waals surface area contributed by atoms with Crippen molar-refractivity contribution in [2.45, 2.75) is 4.90 Å². The Morgan fingerprint density at radius 1 is 0.857 bits per heavy atom. The van der Waals surface area contributed by atoms with Gasteiger partial charge in [-0.25, -0.2) is 0 Å². The number of phenols is 2. The average Bonchev–Trinajstić information content (AvgIpc) is 2.67.